The van der Waals surface area contributed by atoms with Crippen LogP contribution in [0.15, 0.2) is 66.7 Å². The van der Waals surface area contributed by atoms with Crippen LogP contribution in [0, 0.1) is 12.8 Å². The smallest absolute Gasteiger partial charge is 0.309 e. The molecule has 3 heterocycles. The van der Waals surface area contributed by atoms with Crippen molar-refractivity contribution in [2.45, 2.75) is 31.0 Å². The van der Waals surface area contributed by atoms with E-state index in [4.69, 9.17) is 23.7 Å². The van der Waals surface area contributed by atoms with Crippen molar-refractivity contribution in [2.24, 2.45) is 5.92 Å². The predicted octanol–water partition coefficient (Wildman–Crippen LogP) is 4.73. The van der Waals surface area contributed by atoms with E-state index in [9.17, 15) is 9.90 Å². The van der Waals surface area contributed by atoms with Crippen LogP contribution in [0.2, 0.25) is 0 Å². The number of hydrogen-bond acceptors (Lipinski definition) is 7. The average molecular weight is 532 g/mol. The average Bonchev–Trinajstić information content (AvgIpc) is 3.60. The van der Waals surface area contributed by atoms with E-state index in [2.05, 4.69) is 24.0 Å². The van der Waals surface area contributed by atoms with Gasteiger partial charge in [-0.25, -0.2) is 0 Å². The number of carbonyl (C=O) groups is 1. The third-order valence-electron chi connectivity index (χ3n) is 8.16. The molecule has 5 unspecified atom stereocenters. The summed E-state index contributed by atoms with van der Waals surface area (Å²) < 4.78 is 28.8. The SMILES string of the molecule is COc1ccc(C2C(C(=O)O)C(c3ccc4c(c3)OCO4)CN2C(c2ccccc2C)C2COCCO2)cc1. The number of rotatable bonds is 7. The molecule has 3 aromatic rings. The van der Waals surface area contributed by atoms with Crippen molar-refractivity contribution in [1.82, 2.24) is 4.90 Å². The summed E-state index contributed by atoms with van der Waals surface area (Å²) in [5, 5.41) is 10.7. The third kappa shape index (κ3) is 4.84. The molecule has 0 aliphatic carbocycles. The lowest BCUT2D eigenvalue weighted by Gasteiger charge is -2.41. The van der Waals surface area contributed by atoms with Crippen molar-refractivity contribution in [3.05, 3.63) is 89.0 Å². The zero-order valence-electron chi connectivity index (χ0n) is 22.1. The maximum absolute atomic E-state index is 13.1. The first kappa shape index (κ1) is 25.7. The summed E-state index contributed by atoms with van der Waals surface area (Å²) in [6, 6.07) is 21.1. The van der Waals surface area contributed by atoms with E-state index in [1.807, 2.05) is 54.6 Å². The van der Waals surface area contributed by atoms with Gasteiger partial charge in [0.1, 0.15) is 11.9 Å². The molecule has 2 fully saturated rings. The number of carboxylic acids is 1. The van der Waals surface area contributed by atoms with Crippen molar-refractivity contribution >= 4 is 5.97 Å². The second kappa shape index (κ2) is 10.9. The standard InChI is InChI=1S/C31H33NO7/c1-19-5-3-4-6-23(19)30(27-17-36-13-14-37-27)32-16-24(21-9-12-25-26(15-21)39-18-38-25)28(31(33)34)29(32)20-7-10-22(35-2)11-8-20/h3-12,15,24,27-30H,13-14,16-18H2,1-2H3,(H,33,34). The van der Waals surface area contributed by atoms with Crippen molar-refractivity contribution in [1.29, 1.82) is 0 Å². The zero-order chi connectivity index (χ0) is 26.9. The monoisotopic (exact) mass is 531 g/mol. The molecule has 0 amide bonds. The number of fused-ring (bicyclic) bond motifs is 1. The fourth-order valence-electron chi connectivity index (χ4n) is 6.33. The molecular weight excluding hydrogens is 498 g/mol. The van der Waals surface area contributed by atoms with Crippen LogP contribution in [0.3, 0.4) is 0 Å². The summed E-state index contributed by atoms with van der Waals surface area (Å²) in [7, 11) is 1.63. The van der Waals surface area contributed by atoms with Gasteiger partial charge in [0, 0.05) is 18.5 Å². The molecule has 2 saturated heterocycles. The van der Waals surface area contributed by atoms with E-state index in [0.29, 0.717) is 37.9 Å². The van der Waals surface area contributed by atoms with Gasteiger partial charge in [0.15, 0.2) is 11.5 Å². The molecule has 3 aliphatic heterocycles. The highest BCUT2D eigenvalue weighted by molar-refractivity contribution is 5.74. The molecular formula is C31H33NO7. The first-order chi connectivity index (χ1) is 19.0. The highest BCUT2D eigenvalue weighted by atomic mass is 16.7. The number of aryl methyl sites for hydroxylation is 1. The molecule has 1 N–H and O–H groups in total. The number of nitrogens with zero attached hydrogens (tertiary/aromatic N) is 1. The molecule has 6 rings (SSSR count). The van der Waals surface area contributed by atoms with E-state index in [0.717, 1.165) is 28.0 Å². The van der Waals surface area contributed by atoms with E-state index >= 15 is 0 Å². The summed E-state index contributed by atoms with van der Waals surface area (Å²) in [5.41, 5.74) is 4.07. The second-order valence-corrected chi connectivity index (χ2v) is 10.3. The molecule has 0 bridgehead atoms. The van der Waals surface area contributed by atoms with Gasteiger partial charge in [-0.15, -0.1) is 0 Å². The van der Waals surface area contributed by atoms with Gasteiger partial charge in [-0.05, 0) is 53.4 Å². The summed E-state index contributed by atoms with van der Waals surface area (Å²) in [4.78, 5) is 15.4. The van der Waals surface area contributed by atoms with Crippen LogP contribution in [0.1, 0.15) is 40.3 Å². The predicted molar refractivity (Wildman–Crippen MR) is 143 cm³/mol. The number of ether oxygens (including phenoxy) is 5. The quantitative estimate of drug-likeness (QED) is 0.468. The van der Waals surface area contributed by atoms with Gasteiger partial charge in [0.05, 0.1) is 38.9 Å². The molecule has 0 spiro atoms. The van der Waals surface area contributed by atoms with Crippen molar-refractivity contribution < 1.29 is 33.6 Å². The van der Waals surface area contributed by atoms with Crippen LogP contribution in [-0.2, 0) is 14.3 Å². The van der Waals surface area contributed by atoms with Crippen LogP contribution in [0.5, 0.6) is 17.2 Å². The Hall–Kier alpha value is -3.59. The number of aliphatic carboxylic acids is 1. The second-order valence-electron chi connectivity index (χ2n) is 10.3. The van der Waals surface area contributed by atoms with E-state index < -0.39 is 17.9 Å². The number of likely N-dealkylation sites (tertiary alicyclic amines) is 1. The minimum atomic E-state index is -0.842. The number of methoxy groups -OCH3 is 1. The van der Waals surface area contributed by atoms with Crippen LogP contribution in [-0.4, -0.2) is 62.3 Å². The van der Waals surface area contributed by atoms with Crippen molar-refractivity contribution in [3.63, 3.8) is 0 Å². The van der Waals surface area contributed by atoms with Crippen molar-refractivity contribution in [3.8, 4) is 17.2 Å². The number of carboxylic acid groups (broad SMARTS) is 1. The lowest BCUT2D eigenvalue weighted by molar-refractivity contribution is -0.145. The highest BCUT2D eigenvalue weighted by Gasteiger charge is 2.51. The Labute approximate surface area is 228 Å². The lowest BCUT2D eigenvalue weighted by atomic mass is 9.82. The molecule has 0 aromatic heterocycles. The Kier molecular flexibility index (Phi) is 7.16. The fourth-order valence-corrected chi connectivity index (χ4v) is 6.33. The summed E-state index contributed by atoms with van der Waals surface area (Å²) in [6.45, 7) is 4.28. The molecule has 0 radical (unpaired) electrons. The van der Waals surface area contributed by atoms with Crippen molar-refractivity contribution in [2.75, 3.05) is 40.3 Å². The van der Waals surface area contributed by atoms with Crippen LogP contribution >= 0.6 is 0 Å². The lowest BCUT2D eigenvalue weighted by Crippen LogP contribution is -2.44. The van der Waals surface area contributed by atoms with Crippen LogP contribution in [0.4, 0.5) is 0 Å². The molecule has 3 aliphatic rings. The largest absolute Gasteiger partial charge is 0.497 e. The van der Waals surface area contributed by atoms with Gasteiger partial charge in [-0.2, -0.15) is 0 Å². The fraction of sp³-hybridized carbons (Fsp3) is 0.387. The Morgan fingerprint density at radius 2 is 1.77 bits per heavy atom. The van der Waals surface area contributed by atoms with Crippen LogP contribution < -0.4 is 14.2 Å². The summed E-state index contributed by atoms with van der Waals surface area (Å²) >= 11 is 0. The topological polar surface area (TPSA) is 86.7 Å². The zero-order valence-corrected chi connectivity index (χ0v) is 22.1. The summed E-state index contributed by atoms with van der Waals surface area (Å²) in [6.07, 6.45) is -0.245. The van der Waals surface area contributed by atoms with E-state index in [1.54, 1.807) is 7.11 Å². The van der Waals surface area contributed by atoms with Gasteiger partial charge >= 0.3 is 5.97 Å². The molecule has 0 saturated carbocycles. The minimum absolute atomic E-state index is 0.167. The Morgan fingerprint density at radius 1 is 1.00 bits per heavy atom. The Bertz CT molecular complexity index is 1320. The highest BCUT2D eigenvalue weighted by Crippen LogP contribution is 2.52. The van der Waals surface area contributed by atoms with Gasteiger partial charge in [-0.1, -0.05) is 42.5 Å². The number of benzene rings is 3. The first-order valence-corrected chi connectivity index (χ1v) is 13.3. The molecule has 39 heavy (non-hydrogen) atoms. The molecule has 204 valence electrons. The molecule has 8 nitrogen and oxygen atoms in total. The molecule has 8 heteroatoms. The van der Waals surface area contributed by atoms with Gasteiger partial charge < -0.3 is 28.8 Å². The number of hydrogen-bond donors (Lipinski definition) is 1. The minimum Gasteiger partial charge on any atom is -0.497 e. The van der Waals surface area contributed by atoms with Gasteiger partial charge in [0.25, 0.3) is 0 Å². The van der Waals surface area contributed by atoms with Gasteiger partial charge in [-0.3, -0.25) is 9.69 Å². The molecule has 3 aromatic carbocycles. The Morgan fingerprint density at radius 3 is 2.49 bits per heavy atom. The third-order valence-corrected chi connectivity index (χ3v) is 8.16. The summed E-state index contributed by atoms with van der Waals surface area (Å²) in [5.74, 6) is 0.204. The maximum Gasteiger partial charge on any atom is 0.309 e. The van der Waals surface area contributed by atoms with E-state index in [1.165, 1.54) is 0 Å². The van der Waals surface area contributed by atoms with Crippen LogP contribution in [0.25, 0.3) is 0 Å². The Balaban J connectivity index is 1.49. The first-order valence-electron chi connectivity index (χ1n) is 13.3. The maximum atomic E-state index is 13.1. The normalized spacial score (nSPS) is 25.4. The van der Waals surface area contributed by atoms with Gasteiger partial charge in [0.2, 0.25) is 6.79 Å². The van der Waals surface area contributed by atoms with E-state index in [-0.39, 0.29) is 24.9 Å². The molecule has 5 atom stereocenters.